The maximum absolute atomic E-state index is 10.3. The first-order valence-electron chi connectivity index (χ1n) is 13.4. The quantitative estimate of drug-likeness (QED) is 0.559. The molecule has 170 valence electrons. The Morgan fingerprint density at radius 2 is 1.67 bits per heavy atom. The molecule has 1 spiro atoms. The van der Waals surface area contributed by atoms with Crippen molar-refractivity contribution >= 4 is 0 Å². The summed E-state index contributed by atoms with van der Waals surface area (Å²) in [4.78, 5) is 0. The van der Waals surface area contributed by atoms with Gasteiger partial charge in [0.25, 0.3) is 0 Å². The summed E-state index contributed by atoms with van der Waals surface area (Å²) in [6.45, 7) is 11.3. The van der Waals surface area contributed by atoms with Gasteiger partial charge in [-0.3, -0.25) is 5.32 Å². The van der Waals surface area contributed by atoms with Crippen LogP contribution in [0.4, 0.5) is 0 Å². The number of hydrogen-bond acceptors (Lipinski definition) is 3. The van der Waals surface area contributed by atoms with Crippen molar-refractivity contribution in [2.24, 2.45) is 52.3 Å². The van der Waals surface area contributed by atoms with Gasteiger partial charge in [-0.2, -0.15) is 0 Å². The van der Waals surface area contributed by atoms with Crippen LogP contribution < -0.4 is 5.32 Å². The summed E-state index contributed by atoms with van der Waals surface area (Å²) < 4.78 is 7.01. The van der Waals surface area contributed by atoms with Crippen LogP contribution in [-0.2, 0) is 4.74 Å². The van der Waals surface area contributed by atoms with Gasteiger partial charge in [0.15, 0.2) is 0 Å². The third-order valence-electron chi connectivity index (χ3n) is 12.1. The number of fused-ring (bicyclic) bond motifs is 7. The average molecular weight is 416 g/mol. The SMILES string of the molecule is C[C@@H]1CCC2(NC1)O[C@H]1C[C@H]3[C@@H]4CC[C@H]5C[C@@H](O)CC[C@]5(C)[C@H]4CC[C@]3(C)[C@H]1[C@@H]2C. The molecule has 2 saturated heterocycles. The lowest BCUT2D eigenvalue weighted by atomic mass is 9.44. The van der Waals surface area contributed by atoms with E-state index >= 15 is 0 Å². The summed E-state index contributed by atoms with van der Waals surface area (Å²) in [5.41, 5.74) is 0.919. The summed E-state index contributed by atoms with van der Waals surface area (Å²) in [6.07, 6.45) is 13.2. The Balaban J connectivity index is 1.26. The number of aliphatic hydroxyl groups excluding tert-OH is 1. The van der Waals surface area contributed by atoms with Crippen LogP contribution in [0.25, 0.3) is 0 Å². The Labute approximate surface area is 184 Å². The molecule has 2 heterocycles. The molecule has 4 aliphatic carbocycles. The van der Waals surface area contributed by atoms with Crippen molar-refractivity contribution in [3.63, 3.8) is 0 Å². The zero-order valence-electron chi connectivity index (χ0n) is 19.8. The molecule has 0 bridgehead atoms. The van der Waals surface area contributed by atoms with Gasteiger partial charge in [0, 0.05) is 12.5 Å². The molecule has 3 nitrogen and oxygen atoms in total. The second kappa shape index (κ2) is 6.70. The number of nitrogens with one attached hydrogen (secondary N) is 1. The lowest BCUT2D eigenvalue weighted by Gasteiger charge is -2.61. The molecule has 0 radical (unpaired) electrons. The Morgan fingerprint density at radius 1 is 0.867 bits per heavy atom. The number of hydrogen-bond donors (Lipinski definition) is 2. The van der Waals surface area contributed by atoms with Gasteiger partial charge in [-0.15, -0.1) is 0 Å². The van der Waals surface area contributed by atoms with Gasteiger partial charge in [0.2, 0.25) is 0 Å². The van der Waals surface area contributed by atoms with E-state index in [0.717, 1.165) is 54.9 Å². The molecule has 2 N–H and O–H groups in total. The highest BCUT2D eigenvalue weighted by Crippen LogP contribution is 2.71. The molecule has 0 amide bonds. The summed E-state index contributed by atoms with van der Waals surface area (Å²) in [7, 11) is 0. The maximum Gasteiger partial charge on any atom is 0.122 e. The summed E-state index contributed by atoms with van der Waals surface area (Å²) in [6, 6.07) is 0. The third-order valence-corrected chi connectivity index (χ3v) is 12.1. The largest absolute Gasteiger partial charge is 0.393 e. The first-order valence-corrected chi connectivity index (χ1v) is 13.4. The second-order valence-electron chi connectivity index (χ2n) is 13.3. The van der Waals surface area contributed by atoms with Crippen molar-refractivity contribution in [2.45, 2.75) is 110 Å². The fraction of sp³-hybridized carbons (Fsp3) is 1.00. The van der Waals surface area contributed by atoms with Crippen LogP contribution in [0.15, 0.2) is 0 Å². The molecule has 2 aliphatic heterocycles. The highest BCUT2D eigenvalue weighted by molar-refractivity contribution is 5.16. The highest BCUT2D eigenvalue weighted by Gasteiger charge is 2.68. The summed E-state index contributed by atoms with van der Waals surface area (Å²) in [5, 5.41) is 14.2. The molecule has 6 aliphatic rings. The minimum atomic E-state index is -0.0320. The number of rotatable bonds is 0. The van der Waals surface area contributed by atoms with Crippen molar-refractivity contribution in [3.05, 3.63) is 0 Å². The molecule has 30 heavy (non-hydrogen) atoms. The number of ether oxygens (including phenoxy) is 1. The third kappa shape index (κ3) is 2.61. The van der Waals surface area contributed by atoms with E-state index in [9.17, 15) is 5.11 Å². The van der Waals surface area contributed by atoms with E-state index < -0.39 is 0 Å². The molecule has 0 aromatic carbocycles. The lowest BCUT2D eigenvalue weighted by molar-refractivity contribution is -0.140. The van der Waals surface area contributed by atoms with Crippen molar-refractivity contribution in [1.29, 1.82) is 0 Å². The standard InChI is InChI=1S/C27H45NO2/c1-16-7-12-27(28-15-16)17(2)24-23(30-27)14-22-20-6-5-18-13-19(29)8-10-25(18,3)21(20)9-11-26(22,24)4/h16-24,28-29H,5-15H2,1-4H3/t16-,17+,18+,19+,20-,21+,22+,23+,24+,25+,26+,27?/m1/s1. The highest BCUT2D eigenvalue weighted by atomic mass is 16.5. The molecule has 6 fully saturated rings. The fourth-order valence-electron chi connectivity index (χ4n) is 10.4. The van der Waals surface area contributed by atoms with E-state index in [1.54, 1.807) is 0 Å². The van der Waals surface area contributed by atoms with Gasteiger partial charge in [-0.1, -0.05) is 27.7 Å². The first-order chi connectivity index (χ1) is 14.3. The zero-order valence-corrected chi connectivity index (χ0v) is 19.8. The Kier molecular flexibility index (Phi) is 4.58. The predicted molar refractivity (Wildman–Crippen MR) is 120 cm³/mol. The lowest BCUT2D eigenvalue weighted by Crippen LogP contribution is -2.57. The number of piperidine rings is 1. The molecular weight excluding hydrogens is 370 g/mol. The van der Waals surface area contributed by atoms with Gasteiger partial charge < -0.3 is 9.84 Å². The maximum atomic E-state index is 10.3. The van der Waals surface area contributed by atoms with Gasteiger partial charge in [-0.05, 0) is 111 Å². The molecule has 12 atom stereocenters. The van der Waals surface area contributed by atoms with Crippen LogP contribution in [0.3, 0.4) is 0 Å². The van der Waals surface area contributed by atoms with Gasteiger partial charge in [0.1, 0.15) is 5.72 Å². The van der Waals surface area contributed by atoms with E-state index in [2.05, 4.69) is 33.0 Å². The minimum Gasteiger partial charge on any atom is -0.393 e. The Morgan fingerprint density at radius 3 is 2.43 bits per heavy atom. The van der Waals surface area contributed by atoms with Crippen molar-refractivity contribution in [1.82, 2.24) is 5.32 Å². The van der Waals surface area contributed by atoms with E-state index in [4.69, 9.17) is 4.74 Å². The van der Waals surface area contributed by atoms with E-state index in [-0.39, 0.29) is 11.8 Å². The van der Waals surface area contributed by atoms with Gasteiger partial charge in [-0.25, -0.2) is 0 Å². The molecule has 4 saturated carbocycles. The minimum absolute atomic E-state index is 0.0319. The molecule has 6 rings (SSSR count). The van der Waals surface area contributed by atoms with Crippen LogP contribution in [-0.4, -0.2) is 29.6 Å². The second-order valence-corrected chi connectivity index (χ2v) is 13.3. The summed E-state index contributed by atoms with van der Waals surface area (Å²) in [5.74, 6) is 5.57. The van der Waals surface area contributed by atoms with Crippen molar-refractivity contribution in [3.8, 4) is 0 Å². The van der Waals surface area contributed by atoms with Crippen molar-refractivity contribution in [2.75, 3.05) is 6.54 Å². The van der Waals surface area contributed by atoms with Crippen LogP contribution in [0.5, 0.6) is 0 Å². The monoisotopic (exact) mass is 415 g/mol. The van der Waals surface area contributed by atoms with E-state index in [1.807, 2.05) is 0 Å². The Hall–Kier alpha value is -0.120. The van der Waals surface area contributed by atoms with Crippen LogP contribution in [0.2, 0.25) is 0 Å². The molecule has 1 unspecified atom stereocenters. The normalized spacial score (nSPS) is 62.5. The Bertz CT molecular complexity index is 686. The zero-order chi connectivity index (χ0) is 20.9. The van der Waals surface area contributed by atoms with Crippen molar-refractivity contribution < 1.29 is 9.84 Å². The first kappa shape index (κ1) is 20.5. The predicted octanol–water partition coefficient (Wildman–Crippen LogP) is 5.37. The van der Waals surface area contributed by atoms with E-state index in [1.165, 1.54) is 51.4 Å². The fourth-order valence-corrected chi connectivity index (χ4v) is 10.4. The molecule has 0 aromatic heterocycles. The van der Waals surface area contributed by atoms with Crippen LogP contribution in [0, 0.1) is 52.3 Å². The average Bonchev–Trinajstić information content (AvgIpc) is 3.16. The van der Waals surface area contributed by atoms with E-state index in [0.29, 0.717) is 22.9 Å². The van der Waals surface area contributed by atoms with Crippen LogP contribution in [0.1, 0.15) is 91.9 Å². The molecule has 0 aromatic rings. The molecular formula is C27H45NO2. The smallest absolute Gasteiger partial charge is 0.122 e. The topological polar surface area (TPSA) is 41.5 Å². The van der Waals surface area contributed by atoms with Gasteiger partial charge >= 0.3 is 0 Å². The van der Waals surface area contributed by atoms with Gasteiger partial charge in [0.05, 0.1) is 12.2 Å². The van der Waals surface area contributed by atoms with Crippen LogP contribution >= 0.6 is 0 Å². The summed E-state index contributed by atoms with van der Waals surface area (Å²) >= 11 is 0. The number of aliphatic hydroxyl groups is 1. The molecule has 3 heteroatoms.